The third kappa shape index (κ3) is 2.50. The Hall–Kier alpha value is -2.54. The monoisotopic (exact) mass is 340 g/mol. The molecule has 24 heavy (non-hydrogen) atoms. The van der Waals surface area contributed by atoms with Gasteiger partial charge in [0.2, 0.25) is 0 Å². The maximum atomic E-state index is 11.0. The van der Waals surface area contributed by atoms with Crippen LogP contribution in [-0.4, -0.2) is 14.9 Å². The zero-order valence-electron chi connectivity index (χ0n) is 13.2. The number of nitrogens with one attached hydrogen (secondary N) is 1. The predicted molar refractivity (Wildman–Crippen MR) is 95.2 cm³/mol. The van der Waals surface area contributed by atoms with Gasteiger partial charge in [0.15, 0.2) is 0 Å². The van der Waals surface area contributed by atoms with E-state index in [0.29, 0.717) is 5.69 Å². The van der Waals surface area contributed by atoms with Crippen LogP contribution in [0.4, 0.5) is 17.2 Å². The lowest BCUT2D eigenvalue weighted by molar-refractivity contribution is -0.384. The van der Waals surface area contributed by atoms with Crippen molar-refractivity contribution in [1.82, 2.24) is 9.97 Å². The van der Waals surface area contributed by atoms with Gasteiger partial charge in [-0.25, -0.2) is 9.97 Å². The van der Waals surface area contributed by atoms with Crippen LogP contribution in [0.15, 0.2) is 24.5 Å². The van der Waals surface area contributed by atoms with Crippen LogP contribution in [0.2, 0.25) is 0 Å². The summed E-state index contributed by atoms with van der Waals surface area (Å²) < 4.78 is 0. The number of aryl methyl sites for hydroxylation is 3. The number of fused-ring (bicyclic) bond motifs is 3. The largest absolute Gasteiger partial charge is 0.339 e. The Morgan fingerprint density at radius 2 is 2.08 bits per heavy atom. The third-order valence-corrected chi connectivity index (χ3v) is 5.64. The van der Waals surface area contributed by atoms with Gasteiger partial charge in [-0.1, -0.05) is 6.07 Å². The molecule has 0 radical (unpaired) electrons. The molecule has 1 aliphatic rings. The van der Waals surface area contributed by atoms with Crippen LogP contribution in [0.5, 0.6) is 0 Å². The quantitative estimate of drug-likeness (QED) is 0.559. The van der Waals surface area contributed by atoms with E-state index >= 15 is 0 Å². The predicted octanol–water partition coefficient (Wildman–Crippen LogP) is 4.53. The highest BCUT2D eigenvalue weighted by atomic mass is 32.1. The molecule has 0 saturated carbocycles. The van der Waals surface area contributed by atoms with E-state index in [1.165, 1.54) is 29.3 Å². The van der Waals surface area contributed by atoms with Gasteiger partial charge in [-0.05, 0) is 43.7 Å². The summed E-state index contributed by atoms with van der Waals surface area (Å²) >= 11 is 1.74. The van der Waals surface area contributed by atoms with Crippen molar-refractivity contribution >= 4 is 38.7 Å². The van der Waals surface area contributed by atoms with Crippen molar-refractivity contribution in [3.05, 3.63) is 50.6 Å². The van der Waals surface area contributed by atoms with Gasteiger partial charge in [0, 0.05) is 22.7 Å². The highest BCUT2D eigenvalue weighted by molar-refractivity contribution is 7.19. The number of nitrogens with zero attached hydrogens (tertiary/aromatic N) is 3. The summed E-state index contributed by atoms with van der Waals surface area (Å²) in [4.78, 5) is 21.9. The zero-order chi connectivity index (χ0) is 16.7. The van der Waals surface area contributed by atoms with Crippen molar-refractivity contribution in [3.8, 4) is 0 Å². The Kier molecular flexibility index (Phi) is 3.65. The standard InChI is InChI=1S/C17H16N4O2S/c1-10-6-7-11(21(22)23)8-13(10)20-16-15-12-4-2-3-5-14(12)24-17(15)19-9-18-16/h6-9H,2-5H2,1H3,(H,18,19,20). The first-order valence-electron chi connectivity index (χ1n) is 7.91. The van der Waals surface area contributed by atoms with Crippen LogP contribution in [-0.2, 0) is 12.8 Å². The van der Waals surface area contributed by atoms with E-state index in [1.54, 1.807) is 29.8 Å². The molecule has 0 spiro atoms. The summed E-state index contributed by atoms with van der Waals surface area (Å²) in [5.41, 5.74) is 3.06. The van der Waals surface area contributed by atoms with Gasteiger partial charge in [-0.15, -0.1) is 11.3 Å². The molecule has 0 bridgehead atoms. The first-order chi connectivity index (χ1) is 11.6. The Morgan fingerprint density at radius 1 is 1.25 bits per heavy atom. The third-order valence-electron chi connectivity index (χ3n) is 4.44. The Morgan fingerprint density at radius 3 is 2.92 bits per heavy atom. The molecule has 0 unspecified atom stereocenters. The Bertz CT molecular complexity index is 951. The zero-order valence-corrected chi connectivity index (χ0v) is 14.0. The first kappa shape index (κ1) is 15.0. The normalized spacial score (nSPS) is 13.7. The Labute approximate surface area is 142 Å². The van der Waals surface area contributed by atoms with Crippen LogP contribution >= 0.6 is 11.3 Å². The van der Waals surface area contributed by atoms with Gasteiger partial charge in [0.1, 0.15) is 17.0 Å². The van der Waals surface area contributed by atoms with Gasteiger partial charge in [0.25, 0.3) is 5.69 Å². The van der Waals surface area contributed by atoms with E-state index in [4.69, 9.17) is 0 Å². The SMILES string of the molecule is Cc1ccc([N+](=O)[O-])cc1Nc1ncnc2sc3c(c12)CCCC3. The fraction of sp³-hybridized carbons (Fsp3) is 0.294. The number of aromatic nitrogens is 2. The van der Waals surface area contributed by atoms with Crippen LogP contribution < -0.4 is 5.32 Å². The van der Waals surface area contributed by atoms with Crippen LogP contribution in [0.25, 0.3) is 10.2 Å². The molecule has 122 valence electrons. The van der Waals surface area contributed by atoms with E-state index in [2.05, 4.69) is 15.3 Å². The number of rotatable bonds is 3. The molecule has 2 heterocycles. The van der Waals surface area contributed by atoms with Crippen molar-refractivity contribution in [3.63, 3.8) is 0 Å². The number of nitro benzene ring substituents is 1. The fourth-order valence-corrected chi connectivity index (χ4v) is 4.40. The van der Waals surface area contributed by atoms with Crippen molar-refractivity contribution in [2.75, 3.05) is 5.32 Å². The minimum atomic E-state index is -0.382. The summed E-state index contributed by atoms with van der Waals surface area (Å²) in [6.07, 6.45) is 6.11. The van der Waals surface area contributed by atoms with E-state index in [9.17, 15) is 10.1 Å². The molecule has 0 atom stereocenters. The number of hydrogen-bond donors (Lipinski definition) is 1. The molecule has 0 amide bonds. The summed E-state index contributed by atoms with van der Waals surface area (Å²) in [7, 11) is 0. The molecule has 1 aromatic carbocycles. The molecular formula is C17H16N4O2S. The highest BCUT2D eigenvalue weighted by Crippen LogP contribution is 2.39. The number of nitro groups is 1. The topological polar surface area (TPSA) is 81.0 Å². The van der Waals surface area contributed by atoms with E-state index in [-0.39, 0.29) is 10.6 Å². The maximum absolute atomic E-state index is 11.0. The molecule has 6 nitrogen and oxygen atoms in total. The Balaban J connectivity index is 1.82. The molecule has 0 aliphatic heterocycles. The van der Waals surface area contributed by atoms with Gasteiger partial charge < -0.3 is 5.32 Å². The van der Waals surface area contributed by atoms with Crippen LogP contribution in [0.1, 0.15) is 28.8 Å². The maximum Gasteiger partial charge on any atom is 0.271 e. The average Bonchev–Trinajstić information content (AvgIpc) is 2.96. The molecule has 4 rings (SSSR count). The van der Waals surface area contributed by atoms with Crippen LogP contribution in [0, 0.1) is 17.0 Å². The number of hydrogen-bond acceptors (Lipinski definition) is 6. The minimum absolute atomic E-state index is 0.0701. The van der Waals surface area contributed by atoms with Gasteiger partial charge >= 0.3 is 0 Å². The number of anilines is 2. The molecule has 1 N–H and O–H groups in total. The van der Waals surface area contributed by atoms with Gasteiger partial charge in [-0.2, -0.15) is 0 Å². The molecule has 1 aliphatic carbocycles. The lowest BCUT2D eigenvalue weighted by atomic mass is 9.97. The number of thiophene rings is 1. The summed E-state index contributed by atoms with van der Waals surface area (Å²) in [5, 5.41) is 15.4. The molecule has 0 saturated heterocycles. The number of benzene rings is 1. The summed E-state index contributed by atoms with van der Waals surface area (Å²) in [6, 6.07) is 4.83. The second-order valence-electron chi connectivity index (χ2n) is 5.99. The molecule has 2 aromatic heterocycles. The lowest BCUT2D eigenvalue weighted by Crippen LogP contribution is -2.02. The molecular weight excluding hydrogens is 324 g/mol. The highest BCUT2D eigenvalue weighted by Gasteiger charge is 2.20. The average molecular weight is 340 g/mol. The first-order valence-corrected chi connectivity index (χ1v) is 8.72. The van der Waals surface area contributed by atoms with Crippen molar-refractivity contribution in [2.45, 2.75) is 32.6 Å². The molecule has 0 fully saturated rings. The summed E-state index contributed by atoms with van der Waals surface area (Å²) in [6.45, 7) is 1.92. The second kappa shape index (κ2) is 5.83. The molecule has 7 heteroatoms. The second-order valence-corrected chi connectivity index (χ2v) is 7.08. The molecule has 3 aromatic rings. The number of non-ortho nitro benzene ring substituents is 1. The van der Waals surface area contributed by atoms with Gasteiger partial charge in [-0.3, -0.25) is 10.1 Å². The lowest BCUT2D eigenvalue weighted by Gasteiger charge is -2.13. The smallest absolute Gasteiger partial charge is 0.271 e. The van der Waals surface area contributed by atoms with Gasteiger partial charge in [0.05, 0.1) is 10.3 Å². The van der Waals surface area contributed by atoms with E-state index < -0.39 is 0 Å². The van der Waals surface area contributed by atoms with Crippen molar-refractivity contribution in [1.29, 1.82) is 0 Å². The summed E-state index contributed by atoms with van der Waals surface area (Å²) in [5.74, 6) is 0.739. The van der Waals surface area contributed by atoms with Crippen molar-refractivity contribution < 1.29 is 4.92 Å². The minimum Gasteiger partial charge on any atom is -0.339 e. The van der Waals surface area contributed by atoms with Crippen LogP contribution in [0.3, 0.4) is 0 Å². The van der Waals surface area contributed by atoms with E-state index in [0.717, 1.165) is 34.4 Å². The van der Waals surface area contributed by atoms with E-state index in [1.807, 2.05) is 6.92 Å². The fourth-order valence-electron chi connectivity index (χ4n) is 3.17. The van der Waals surface area contributed by atoms with Crippen molar-refractivity contribution in [2.24, 2.45) is 0 Å².